The fraction of sp³-hybridized carbons (Fsp3) is 0.875. The molecule has 0 rings (SSSR count). The molecule has 0 aromatic rings. The zero-order valence-electron chi connectivity index (χ0n) is 7.33. The molecule has 1 atom stereocenters. The van der Waals surface area contributed by atoms with Crippen LogP contribution in [0, 0.1) is 5.92 Å². The molecule has 3 nitrogen and oxygen atoms in total. The van der Waals surface area contributed by atoms with Crippen molar-refractivity contribution in [3.05, 3.63) is 0 Å². The first-order valence-corrected chi connectivity index (χ1v) is 3.91. The minimum absolute atomic E-state index is 0.103. The molecular formula is C8H16O3. The zero-order chi connectivity index (χ0) is 8.85. The Kier molecular flexibility index (Phi) is 4.86. The lowest BCUT2D eigenvalue weighted by molar-refractivity contribution is -0.145. The monoisotopic (exact) mass is 160 g/mol. The highest BCUT2D eigenvalue weighted by Crippen LogP contribution is 2.05. The molecule has 3 heteroatoms. The molecule has 0 amide bonds. The molecular weight excluding hydrogens is 144 g/mol. The van der Waals surface area contributed by atoms with Crippen LogP contribution in [0.3, 0.4) is 0 Å². The van der Waals surface area contributed by atoms with Crippen molar-refractivity contribution in [2.75, 3.05) is 6.61 Å². The van der Waals surface area contributed by atoms with E-state index < -0.39 is 6.10 Å². The molecule has 0 aromatic carbocycles. The van der Waals surface area contributed by atoms with Crippen molar-refractivity contribution in [3.8, 4) is 0 Å². The first-order chi connectivity index (χ1) is 5.07. The number of hydrogen-bond acceptors (Lipinski definition) is 3. The van der Waals surface area contributed by atoms with Gasteiger partial charge in [-0.15, -0.1) is 0 Å². The summed E-state index contributed by atoms with van der Waals surface area (Å²) in [6.07, 6.45) is -0.472. The van der Waals surface area contributed by atoms with Crippen molar-refractivity contribution in [2.45, 2.75) is 33.3 Å². The second kappa shape index (κ2) is 5.13. The lowest BCUT2D eigenvalue weighted by Gasteiger charge is -2.12. The lowest BCUT2D eigenvalue weighted by Crippen LogP contribution is -2.20. The lowest BCUT2D eigenvalue weighted by atomic mass is 10.1. The van der Waals surface area contributed by atoms with Gasteiger partial charge in [-0.25, -0.2) is 0 Å². The van der Waals surface area contributed by atoms with Crippen LogP contribution in [0.5, 0.6) is 0 Å². The van der Waals surface area contributed by atoms with E-state index in [0.29, 0.717) is 6.61 Å². The Labute approximate surface area is 67.4 Å². The van der Waals surface area contributed by atoms with Gasteiger partial charge in [0.2, 0.25) is 0 Å². The largest absolute Gasteiger partial charge is 0.466 e. The van der Waals surface area contributed by atoms with Gasteiger partial charge in [0.15, 0.2) is 0 Å². The highest BCUT2D eigenvalue weighted by atomic mass is 16.5. The summed E-state index contributed by atoms with van der Waals surface area (Å²) in [5.74, 6) is -0.215. The Morgan fingerprint density at radius 2 is 2.09 bits per heavy atom. The quantitative estimate of drug-likeness (QED) is 0.623. The van der Waals surface area contributed by atoms with Gasteiger partial charge in [-0.3, -0.25) is 4.79 Å². The maximum atomic E-state index is 10.8. The van der Waals surface area contributed by atoms with Gasteiger partial charge in [0.1, 0.15) is 0 Å². The molecule has 0 aliphatic carbocycles. The van der Waals surface area contributed by atoms with Crippen LogP contribution in [-0.4, -0.2) is 23.8 Å². The van der Waals surface area contributed by atoms with E-state index >= 15 is 0 Å². The zero-order valence-corrected chi connectivity index (χ0v) is 7.33. The van der Waals surface area contributed by atoms with E-state index in [-0.39, 0.29) is 18.3 Å². The Morgan fingerprint density at radius 1 is 1.55 bits per heavy atom. The summed E-state index contributed by atoms with van der Waals surface area (Å²) in [7, 11) is 0. The normalized spacial score (nSPS) is 13.2. The molecule has 11 heavy (non-hydrogen) atoms. The van der Waals surface area contributed by atoms with E-state index in [2.05, 4.69) is 4.74 Å². The smallest absolute Gasteiger partial charge is 0.308 e. The fourth-order valence-electron chi connectivity index (χ4n) is 0.626. The van der Waals surface area contributed by atoms with Crippen molar-refractivity contribution >= 4 is 5.97 Å². The van der Waals surface area contributed by atoms with Crippen LogP contribution in [-0.2, 0) is 9.53 Å². The van der Waals surface area contributed by atoms with Crippen LogP contribution in [0.25, 0.3) is 0 Å². The second-order valence-electron chi connectivity index (χ2n) is 2.82. The van der Waals surface area contributed by atoms with Gasteiger partial charge in [-0.2, -0.15) is 0 Å². The molecule has 0 bridgehead atoms. The summed E-state index contributed by atoms with van der Waals surface area (Å²) < 4.78 is 4.66. The molecule has 0 saturated carbocycles. The average molecular weight is 160 g/mol. The van der Waals surface area contributed by atoms with E-state index in [1.165, 1.54) is 0 Å². The predicted molar refractivity (Wildman–Crippen MR) is 42.1 cm³/mol. The van der Waals surface area contributed by atoms with E-state index in [1.54, 1.807) is 6.92 Å². The van der Waals surface area contributed by atoms with Gasteiger partial charge in [-0.1, -0.05) is 13.8 Å². The minimum Gasteiger partial charge on any atom is -0.466 e. The van der Waals surface area contributed by atoms with Crippen LogP contribution in [0.1, 0.15) is 27.2 Å². The van der Waals surface area contributed by atoms with Gasteiger partial charge >= 0.3 is 5.97 Å². The van der Waals surface area contributed by atoms with Gasteiger partial charge in [0.05, 0.1) is 19.1 Å². The summed E-state index contributed by atoms with van der Waals surface area (Å²) in [4.78, 5) is 10.8. The highest BCUT2D eigenvalue weighted by Gasteiger charge is 2.14. The van der Waals surface area contributed by atoms with E-state index in [1.807, 2.05) is 13.8 Å². The fourth-order valence-corrected chi connectivity index (χ4v) is 0.626. The number of aliphatic hydroxyl groups excluding tert-OH is 1. The standard InChI is InChI=1S/C8H16O3/c1-4-11-8(10)5-7(9)6(2)3/h6-7,9H,4-5H2,1-3H3/t7-/m0/s1. The number of rotatable bonds is 4. The summed E-state index contributed by atoms with van der Waals surface area (Å²) in [6, 6.07) is 0. The highest BCUT2D eigenvalue weighted by molar-refractivity contribution is 5.69. The third-order valence-electron chi connectivity index (χ3n) is 1.45. The van der Waals surface area contributed by atoms with E-state index in [4.69, 9.17) is 0 Å². The number of hydrogen-bond donors (Lipinski definition) is 1. The molecule has 1 N–H and O–H groups in total. The van der Waals surface area contributed by atoms with E-state index in [0.717, 1.165) is 0 Å². The van der Waals surface area contributed by atoms with E-state index in [9.17, 15) is 9.90 Å². The number of ether oxygens (including phenoxy) is 1. The molecule has 0 unspecified atom stereocenters. The second-order valence-corrected chi connectivity index (χ2v) is 2.82. The van der Waals surface area contributed by atoms with Gasteiger partial charge in [0, 0.05) is 0 Å². The molecule has 0 heterocycles. The molecule has 66 valence electrons. The molecule has 0 aliphatic rings. The van der Waals surface area contributed by atoms with Crippen molar-refractivity contribution in [1.29, 1.82) is 0 Å². The maximum absolute atomic E-state index is 10.8. The number of carbonyl (C=O) groups excluding carboxylic acids is 1. The van der Waals surface area contributed by atoms with Crippen LogP contribution in [0.2, 0.25) is 0 Å². The predicted octanol–water partition coefficient (Wildman–Crippen LogP) is 0.957. The summed E-state index contributed by atoms with van der Waals surface area (Å²) in [6.45, 7) is 5.86. The van der Waals surface area contributed by atoms with Gasteiger partial charge < -0.3 is 9.84 Å². The summed E-state index contributed by atoms with van der Waals surface area (Å²) >= 11 is 0. The minimum atomic E-state index is -0.575. The Bertz CT molecular complexity index is 121. The number of esters is 1. The van der Waals surface area contributed by atoms with Crippen LogP contribution < -0.4 is 0 Å². The molecule has 0 fully saturated rings. The third kappa shape index (κ3) is 4.79. The van der Waals surface area contributed by atoms with Crippen LogP contribution in [0.4, 0.5) is 0 Å². The molecule has 0 spiro atoms. The summed E-state index contributed by atoms with van der Waals surface area (Å²) in [5, 5.41) is 9.22. The third-order valence-corrected chi connectivity index (χ3v) is 1.45. The molecule has 0 aliphatic heterocycles. The van der Waals surface area contributed by atoms with Crippen LogP contribution in [0.15, 0.2) is 0 Å². The van der Waals surface area contributed by atoms with Crippen molar-refractivity contribution in [3.63, 3.8) is 0 Å². The maximum Gasteiger partial charge on any atom is 0.308 e. The average Bonchev–Trinajstić information content (AvgIpc) is 1.87. The molecule has 0 saturated heterocycles. The van der Waals surface area contributed by atoms with Crippen molar-refractivity contribution in [2.24, 2.45) is 5.92 Å². The first-order valence-electron chi connectivity index (χ1n) is 3.91. The Balaban J connectivity index is 3.57. The number of carbonyl (C=O) groups is 1. The first kappa shape index (κ1) is 10.4. The molecule has 0 aromatic heterocycles. The van der Waals surface area contributed by atoms with Crippen molar-refractivity contribution in [1.82, 2.24) is 0 Å². The van der Waals surface area contributed by atoms with Crippen molar-refractivity contribution < 1.29 is 14.6 Å². The SMILES string of the molecule is CCOC(=O)C[C@H](O)C(C)C. The topological polar surface area (TPSA) is 46.5 Å². The summed E-state index contributed by atoms with van der Waals surface area (Å²) in [5.41, 5.74) is 0. The van der Waals surface area contributed by atoms with Gasteiger partial charge in [-0.05, 0) is 12.8 Å². The number of aliphatic hydroxyl groups is 1. The Morgan fingerprint density at radius 3 is 2.45 bits per heavy atom. The Hall–Kier alpha value is -0.570. The van der Waals surface area contributed by atoms with Crippen LogP contribution >= 0.6 is 0 Å². The molecule has 0 radical (unpaired) electrons. The van der Waals surface area contributed by atoms with Gasteiger partial charge in [0.25, 0.3) is 0 Å².